The predicted octanol–water partition coefficient (Wildman–Crippen LogP) is 1.03. The first-order chi connectivity index (χ1) is 8.11. The first kappa shape index (κ1) is 16.4. The second-order valence-corrected chi connectivity index (χ2v) is 3.69. The Bertz CT molecular complexity index is 393. The summed E-state index contributed by atoms with van der Waals surface area (Å²) in [4.78, 5) is 22.0. The van der Waals surface area contributed by atoms with Gasteiger partial charge in [0.1, 0.15) is 0 Å². The summed E-state index contributed by atoms with van der Waals surface area (Å²) < 4.78 is 0. The van der Waals surface area contributed by atoms with Crippen LogP contribution in [0.5, 0.6) is 0 Å². The summed E-state index contributed by atoms with van der Waals surface area (Å²) in [5, 5.41) is 5.43. The van der Waals surface area contributed by atoms with Crippen LogP contribution in [0, 0.1) is 0 Å². The van der Waals surface area contributed by atoms with E-state index in [0.717, 1.165) is 11.3 Å². The topological polar surface area (TPSA) is 84.2 Å². The van der Waals surface area contributed by atoms with Gasteiger partial charge in [0.2, 0.25) is 11.8 Å². The van der Waals surface area contributed by atoms with Crippen LogP contribution in [0.3, 0.4) is 0 Å². The van der Waals surface area contributed by atoms with E-state index in [1.54, 1.807) is 12.1 Å². The highest BCUT2D eigenvalue weighted by Crippen LogP contribution is 2.09. The van der Waals surface area contributed by atoms with Crippen LogP contribution in [0.25, 0.3) is 0 Å². The van der Waals surface area contributed by atoms with Crippen LogP contribution < -0.4 is 16.4 Å². The third kappa shape index (κ3) is 6.22. The number of carbonyl (C=O) groups excluding carboxylic acids is 2. The van der Waals surface area contributed by atoms with E-state index in [4.69, 9.17) is 5.73 Å². The third-order valence-corrected chi connectivity index (χ3v) is 2.14. The lowest BCUT2D eigenvalue weighted by Crippen LogP contribution is -2.24. The summed E-state index contributed by atoms with van der Waals surface area (Å²) in [6, 6.07) is 7.31. The molecule has 0 spiro atoms. The quantitative estimate of drug-likeness (QED) is 0.748. The molecule has 0 aliphatic heterocycles. The second kappa shape index (κ2) is 8.49. The van der Waals surface area contributed by atoms with E-state index in [1.165, 1.54) is 6.92 Å². The van der Waals surface area contributed by atoms with Crippen molar-refractivity contribution in [2.45, 2.75) is 19.9 Å². The molecule has 1 aromatic rings. The van der Waals surface area contributed by atoms with Crippen LogP contribution in [-0.2, 0) is 16.1 Å². The Morgan fingerprint density at radius 1 is 1.22 bits per heavy atom. The zero-order valence-electron chi connectivity index (χ0n) is 10.2. The van der Waals surface area contributed by atoms with Crippen molar-refractivity contribution >= 4 is 29.9 Å². The molecule has 5 nitrogen and oxygen atoms in total. The summed E-state index contributed by atoms with van der Waals surface area (Å²) >= 11 is 0. The number of nitrogens with two attached hydrogens (primary N) is 1. The van der Waals surface area contributed by atoms with Gasteiger partial charge in [-0.2, -0.15) is 0 Å². The fourth-order valence-corrected chi connectivity index (χ4v) is 1.33. The van der Waals surface area contributed by atoms with Crippen LogP contribution >= 0.6 is 12.4 Å². The number of amides is 2. The fourth-order valence-electron chi connectivity index (χ4n) is 1.33. The number of hydrogen-bond acceptors (Lipinski definition) is 3. The Morgan fingerprint density at radius 2 is 1.83 bits per heavy atom. The molecule has 0 bridgehead atoms. The van der Waals surface area contributed by atoms with Gasteiger partial charge in [0.05, 0.1) is 0 Å². The van der Waals surface area contributed by atoms with E-state index in [0.29, 0.717) is 19.5 Å². The summed E-state index contributed by atoms with van der Waals surface area (Å²) in [6.45, 7) is 2.29. The van der Waals surface area contributed by atoms with Crippen molar-refractivity contribution in [2.24, 2.45) is 5.73 Å². The van der Waals surface area contributed by atoms with Gasteiger partial charge in [-0.15, -0.1) is 12.4 Å². The Morgan fingerprint density at radius 3 is 2.33 bits per heavy atom. The lowest BCUT2D eigenvalue weighted by atomic mass is 10.2. The Labute approximate surface area is 113 Å². The van der Waals surface area contributed by atoms with Gasteiger partial charge in [0.25, 0.3) is 0 Å². The molecule has 0 fully saturated rings. The number of benzene rings is 1. The van der Waals surface area contributed by atoms with Gasteiger partial charge >= 0.3 is 0 Å². The van der Waals surface area contributed by atoms with Gasteiger partial charge < -0.3 is 16.4 Å². The largest absolute Gasteiger partial charge is 0.352 e. The number of hydrogen-bond donors (Lipinski definition) is 3. The van der Waals surface area contributed by atoms with E-state index in [-0.39, 0.29) is 24.2 Å². The molecule has 18 heavy (non-hydrogen) atoms. The van der Waals surface area contributed by atoms with E-state index in [1.807, 2.05) is 12.1 Å². The first-order valence-corrected chi connectivity index (χ1v) is 5.45. The van der Waals surface area contributed by atoms with Crippen molar-refractivity contribution in [1.82, 2.24) is 5.32 Å². The number of anilines is 1. The monoisotopic (exact) mass is 271 g/mol. The van der Waals surface area contributed by atoms with E-state index >= 15 is 0 Å². The Hall–Kier alpha value is -1.59. The number of rotatable bonds is 5. The van der Waals surface area contributed by atoms with Crippen molar-refractivity contribution in [3.8, 4) is 0 Å². The summed E-state index contributed by atoms with van der Waals surface area (Å²) in [5.41, 5.74) is 6.98. The van der Waals surface area contributed by atoms with Crippen LogP contribution in [0.2, 0.25) is 0 Å². The Balaban J connectivity index is 0.00000289. The third-order valence-electron chi connectivity index (χ3n) is 2.14. The molecule has 1 rings (SSSR count). The van der Waals surface area contributed by atoms with Crippen LogP contribution in [0.1, 0.15) is 18.9 Å². The molecule has 0 unspecified atom stereocenters. The minimum absolute atomic E-state index is 0. The number of carbonyl (C=O) groups is 2. The van der Waals surface area contributed by atoms with Crippen LogP contribution in [-0.4, -0.2) is 18.4 Å². The molecule has 0 saturated carbocycles. The number of nitrogens with one attached hydrogen (secondary N) is 2. The molecule has 0 heterocycles. The molecule has 0 aliphatic rings. The molecule has 0 radical (unpaired) electrons. The van der Waals surface area contributed by atoms with Crippen molar-refractivity contribution in [3.05, 3.63) is 29.8 Å². The molecule has 100 valence electrons. The van der Waals surface area contributed by atoms with E-state index < -0.39 is 0 Å². The first-order valence-electron chi connectivity index (χ1n) is 5.45. The summed E-state index contributed by atoms with van der Waals surface area (Å²) in [5.74, 6) is -0.160. The van der Waals surface area contributed by atoms with Gasteiger partial charge in [-0.1, -0.05) is 12.1 Å². The van der Waals surface area contributed by atoms with Gasteiger partial charge in [0.15, 0.2) is 0 Å². The average Bonchev–Trinajstić information content (AvgIpc) is 2.28. The molecule has 4 N–H and O–H groups in total. The SMILES string of the molecule is CC(=O)Nc1ccc(CNC(=O)CCN)cc1.Cl. The number of halogens is 1. The smallest absolute Gasteiger partial charge is 0.221 e. The summed E-state index contributed by atoms with van der Waals surface area (Å²) in [7, 11) is 0. The van der Waals surface area contributed by atoms with E-state index in [2.05, 4.69) is 10.6 Å². The Kier molecular flexibility index (Phi) is 7.74. The van der Waals surface area contributed by atoms with Gasteiger partial charge in [-0.3, -0.25) is 9.59 Å². The summed E-state index contributed by atoms with van der Waals surface area (Å²) in [6.07, 6.45) is 0.337. The minimum atomic E-state index is -0.103. The fraction of sp³-hybridized carbons (Fsp3) is 0.333. The lowest BCUT2D eigenvalue weighted by Gasteiger charge is -2.06. The highest BCUT2D eigenvalue weighted by Gasteiger charge is 2.00. The van der Waals surface area contributed by atoms with E-state index in [9.17, 15) is 9.59 Å². The van der Waals surface area contributed by atoms with Gasteiger partial charge in [-0.25, -0.2) is 0 Å². The van der Waals surface area contributed by atoms with Gasteiger partial charge in [-0.05, 0) is 17.7 Å². The van der Waals surface area contributed by atoms with Crippen LogP contribution in [0.15, 0.2) is 24.3 Å². The molecule has 1 aromatic carbocycles. The van der Waals surface area contributed by atoms with Crippen molar-refractivity contribution in [3.63, 3.8) is 0 Å². The maximum absolute atomic E-state index is 11.2. The highest BCUT2D eigenvalue weighted by atomic mass is 35.5. The van der Waals surface area contributed by atoms with Crippen molar-refractivity contribution in [2.75, 3.05) is 11.9 Å². The normalized spacial score (nSPS) is 9.22. The predicted molar refractivity (Wildman–Crippen MR) is 73.5 cm³/mol. The molecule has 0 saturated heterocycles. The molecule has 6 heteroatoms. The molecule has 2 amide bonds. The highest BCUT2D eigenvalue weighted by molar-refractivity contribution is 5.88. The second-order valence-electron chi connectivity index (χ2n) is 3.69. The van der Waals surface area contributed by atoms with Gasteiger partial charge in [0, 0.05) is 32.1 Å². The standard InChI is InChI=1S/C12H17N3O2.ClH/c1-9(16)15-11-4-2-10(3-5-11)8-14-12(17)6-7-13;/h2-5H,6-8,13H2,1H3,(H,14,17)(H,15,16);1H. The van der Waals surface area contributed by atoms with Crippen molar-refractivity contribution < 1.29 is 9.59 Å². The maximum Gasteiger partial charge on any atom is 0.221 e. The van der Waals surface area contributed by atoms with Crippen molar-refractivity contribution in [1.29, 1.82) is 0 Å². The lowest BCUT2D eigenvalue weighted by molar-refractivity contribution is -0.121. The molecular weight excluding hydrogens is 254 g/mol. The maximum atomic E-state index is 11.2. The molecule has 0 aromatic heterocycles. The van der Waals surface area contributed by atoms with Crippen LogP contribution in [0.4, 0.5) is 5.69 Å². The minimum Gasteiger partial charge on any atom is -0.352 e. The zero-order chi connectivity index (χ0) is 12.7. The molecule has 0 atom stereocenters. The molecular formula is C12H18ClN3O2. The zero-order valence-corrected chi connectivity index (χ0v) is 11.0. The average molecular weight is 272 g/mol. The molecule has 0 aliphatic carbocycles.